The molecule has 0 fully saturated rings. The van der Waals surface area contributed by atoms with Gasteiger partial charge in [0.1, 0.15) is 0 Å². The molecule has 0 saturated heterocycles. The van der Waals surface area contributed by atoms with Crippen LogP contribution in [0.3, 0.4) is 0 Å². The Kier molecular flexibility index (Phi) is 3.41. The predicted molar refractivity (Wildman–Crippen MR) is 60.9 cm³/mol. The van der Waals surface area contributed by atoms with Crippen molar-refractivity contribution in [2.45, 2.75) is 6.92 Å². The Morgan fingerprint density at radius 1 is 1.36 bits per heavy atom. The van der Waals surface area contributed by atoms with Crippen LogP contribution < -0.4 is 16.4 Å². The van der Waals surface area contributed by atoms with E-state index in [1.54, 1.807) is 24.3 Å². The summed E-state index contributed by atoms with van der Waals surface area (Å²) in [6.07, 6.45) is 0. The largest absolute Gasteiger partial charge is 0.399 e. The normalized spacial score (nSPS) is 9.21. The third-order valence-corrected chi connectivity index (χ3v) is 1.66. The minimum atomic E-state index is -0.196. The molecule has 0 unspecified atom stereocenters. The number of carbonyl (C=O) groups excluding carboxylic acids is 1. The average molecular weight is 209 g/mol. The van der Waals surface area contributed by atoms with Crippen molar-refractivity contribution < 1.29 is 4.79 Å². The van der Waals surface area contributed by atoms with Gasteiger partial charge in [0.15, 0.2) is 5.11 Å². The van der Waals surface area contributed by atoms with E-state index >= 15 is 0 Å². The summed E-state index contributed by atoms with van der Waals surface area (Å²) in [5.41, 5.74) is 6.98. The van der Waals surface area contributed by atoms with Crippen LogP contribution in [0.2, 0.25) is 0 Å². The molecule has 1 aromatic rings. The Morgan fingerprint density at radius 2 is 1.93 bits per heavy atom. The zero-order valence-electron chi connectivity index (χ0n) is 7.70. The van der Waals surface area contributed by atoms with Gasteiger partial charge in [-0.05, 0) is 36.5 Å². The van der Waals surface area contributed by atoms with E-state index in [4.69, 9.17) is 18.0 Å². The van der Waals surface area contributed by atoms with Gasteiger partial charge >= 0.3 is 0 Å². The standard InChI is InChI=1S/C9H11N3OS/c1-6(13)11-9(14)12-8-4-2-7(10)3-5-8/h2-5H,10H2,1H3,(H2,11,12,13,14). The molecule has 0 aliphatic carbocycles. The van der Waals surface area contributed by atoms with Gasteiger partial charge in [0, 0.05) is 18.3 Å². The van der Waals surface area contributed by atoms with E-state index in [0.29, 0.717) is 5.69 Å². The summed E-state index contributed by atoms with van der Waals surface area (Å²) in [5.74, 6) is -0.196. The molecule has 5 heteroatoms. The molecular formula is C9H11N3OS. The molecule has 0 aliphatic rings. The first-order chi connectivity index (χ1) is 6.58. The number of amides is 1. The quantitative estimate of drug-likeness (QED) is 0.478. The number of anilines is 2. The zero-order valence-corrected chi connectivity index (χ0v) is 8.52. The lowest BCUT2D eigenvalue weighted by molar-refractivity contribution is -0.117. The Labute approximate surface area is 87.5 Å². The van der Waals surface area contributed by atoms with Gasteiger partial charge in [0.2, 0.25) is 5.91 Å². The summed E-state index contributed by atoms with van der Waals surface area (Å²) in [4.78, 5) is 10.6. The summed E-state index contributed by atoms with van der Waals surface area (Å²) < 4.78 is 0. The fourth-order valence-electron chi connectivity index (χ4n) is 0.889. The highest BCUT2D eigenvalue weighted by atomic mass is 32.1. The number of carbonyl (C=O) groups is 1. The molecule has 0 aromatic heterocycles. The van der Waals surface area contributed by atoms with E-state index in [0.717, 1.165) is 5.69 Å². The van der Waals surface area contributed by atoms with Crippen molar-refractivity contribution in [2.24, 2.45) is 0 Å². The van der Waals surface area contributed by atoms with Crippen LogP contribution in [-0.4, -0.2) is 11.0 Å². The predicted octanol–water partition coefficient (Wildman–Crippen LogP) is 1.10. The van der Waals surface area contributed by atoms with Gasteiger partial charge in [-0.15, -0.1) is 0 Å². The Hall–Kier alpha value is -1.62. The monoisotopic (exact) mass is 209 g/mol. The number of nitrogen functional groups attached to an aromatic ring is 1. The van der Waals surface area contributed by atoms with Gasteiger partial charge in [-0.1, -0.05) is 0 Å². The van der Waals surface area contributed by atoms with Gasteiger partial charge < -0.3 is 16.4 Å². The number of thiocarbonyl (C=S) groups is 1. The molecule has 74 valence electrons. The van der Waals surface area contributed by atoms with Crippen LogP contribution in [0, 0.1) is 0 Å². The summed E-state index contributed by atoms with van der Waals surface area (Å²) in [6, 6.07) is 7.06. The molecule has 0 radical (unpaired) electrons. The van der Waals surface area contributed by atoms with E-state index in [9.17, 15) is 4.79 Å². The maximum atomic E-state index is 10.6. The van der Waals surface area contributed by atoms with Crippen molar-refractivity contribution in [1.82, 2.24) is 5.32 Å². The van der Waals surface area contributed by atoms with E-state index < -0.39 is 0 Å². The van der Waals surface area contributed by atoms with Crippen LogP contribution in [0.1, 0.15) is 6.92 Å². The fraction of sp³-hybridized carbons (Fsp3) is 0.111. The Bertz CT molecular complexity index is 348. The minimum absolute atomic E-state index is 0.196. The van der Waals surface area contributed by atoms with Crippen LogP contribution in [0.5, 0.6) is 0 Å². The van der Waals surface area contributed by atoms with E-state index in [1.165, 1.54) is 6.92 Å². The summed E-state index contributed by atoms with van der Waals surface area (Å²) >= 11 is 4.87. The van der Waals surface area contributed by atoms with Crippen LogP contribution in [0.4, 0.5) is 11.4 Å². The number of hydrogen-bond acceptors (Lipinski definition) is 3. The van der Waals surface area contributed by atoms with Crippen molar-refractivity contribution in [3.63, 3.8) is 0 Å². The molecule has 0 saturated carbocycles. The molecule has 4 nitrogen and oxygen atoms in total. The van der Waals surface area contributed by atoms with Crippen LogP contribution in [0.25, 0.3) is 0 Å². The van der Waals surface area contributed by atoms with E-state index in [1.807, 2.05) is 0 Å². The van der Waals surface area contributed by atoms with Gasteiger partial charge in [-0.3, -0.25) is 4.79 Å². The molecule has 0 atom stereocenters. The minimum Gasteiger partial charge on any atom is -0.399 e. The lowest BCUT2D eigenvalue weighted by atomic mass is 10.3. The number of hydrogen-bond donors (Lipinski definition) is 3. The SMILES string of the molecule is CC(=O)NC(=S)Nc1ccc(N)cc1. The molecule has 1 amide bonds. The van der Waals surface area contributed by atoms with E-state index in [-0.39, 0.29) is 11.0 Å². The second-order valence-corrected chi connectivity index (χ2v) is 3.17. The number of nitrogens with two attached hydrogens (primary N) is 1. The summed E-state index contributed by atoms with van der Waals surface area (Å²) in [6.45, 7) is 1.40. The number of nitrogens with one attached hydrogen (secondary N) is 2. The molecule has 0 bridgehead atoms. The highest BCUT2D eigenvalue weighted by Gasteiger charge is 1.98. The molecule has 1 rings (SSSR count). The van der Waals surface area contributed by atoms with Crippen LogP contribution >= 0.6 is 12.2 Å². The van der Waals surface area contributed by atoms with Crippen LogP contribution in [0.15, 0.2) is 24.3 Å². The Morgan fingerprint density at radius 3 is 2.43 bits per heavy atom. The fourth-order valence-corrected chi connectivity index (χ4v) is 1.15. The third-order valence-electron chi connectivity index (χ3n) is 1.46. The van der Waals surface area contributed by atoms with Crippen molar-refractivity contribution in [1.29, 1.82) is 0 Å². The van der Waals surface area contributed by atoms with E-state index in [2.05, 4.69) is 10.6 Å². The Balaban J connectivity index is 2.56. The second-order valence-electron chi connectivity index (χ2n) is 2.76. The molecule has 0 heterocycles. The number of rotatable bonds is 1. The van der Waals surface area contributed by atoms with Gasteiger partial charge in [-0.2, -0.15) is 0 Å². The summed E-state index contributed by atoms with van der Waals surface area (Å²) in [7, 11) is 0. The molecule has 1 aromatic carbocycles. The maximum absolute atomic E-state index is 10.6. The topological polar surface area (TPSA) is 67.2 Å². The van der Waals surface area contributed by atoms with Crippen molar-refractivity contribution in [3.8, 4) is 0 Å². The van der Waals surface area contributed by atoms with Crippen molar-refractivity contribution >= 4 is 34.6 Å². The van der Waals surface area contributed by atoms with Crippen LogP contribution in [-0.2, 0) is 4.79 Å². The van der Waals surface area contributed by atoms with Gasteiger partial charge in [-0.25, -0.2) is 0 Å². The molecule has 14 heavy (non-hydrogen) atoms. The highest BCUT2D eigenvalue weighted by Crippen LogP contribution is 2.09. The lowest BCUT2D eigenvalue weighted by Gasteiger charge is -2.07. The molecule has 4 N–H and O–H groups in total. The average Bonchev–Trinajstić information content (AvgIpc) is 2.07. The maximum Gasteiger partial charge on any atom is 0.222 e. The van der Waals surface area contributed by atoms with Gasteiger partial charge in [0.05, 0.1) is 0 Å². The zero-order chi connectivity index (χ0) is 10.6. The first kappa shape index (κ1) is 10.5. The molecular weight excluding hydrogens is 198 g/mol. The number of benzene rings is 1. The second kappa shape index (κ2) is 4.57. The van der Waals surface area contributed by atoms with Crippen molar-refractivity contribution in [3.05, 3.63) is 24.3 Å². The van der Waals surface area contributed by atoms with Gasteiger partial charge in [0.25, 0.3) is 0 Å². The third kappa shape index (κ3) is 3.40. The first-order valence-corrected chi connectivity index (χ1v) is 4.43. The highest BCUT2D eigenvalue weighted by molar-refractivity contribution is 7.80. The lowest BCUT2D eigenvalue weighted by Crippen LogP contribution is -2.32. The molecule has 0 spiro atoms. The van der Waals surface area contributed by atoms with Crippen molar-refractivity contribution in [2.75, 3.05) is 11.1 Å². The summed E-state index contributed by atoms with van der Waals surface area (Å²) in [5, 5.41) is 5.58. The molecule has 0 aliphatic heterocycles. The first-order valence-electron chi connectivity index (χ1n) is 4.02. The smallest absolute Gasteiger partial charge is 0.222 e.